The quantitative estimate of drug-likeness (QED) is 0.244. The van der Waals surface area contributed by atoms with Gasteiger partial charge in [0, 0.05) is 46.4 Å². The van der Waals surface area contributed by atoms with E-state index in [0.29, 0.717) is 22.5 Å². The molecule has 0 aliphatic heterocycles. The van der Waals surface area contributed by atoms with E-state index in [9.17, 15) is 19.8 Å². The smallest absolute Gasteiger partial charge is 0.410 e. The predicted molar refractivity (Wildman–Crippen MR) is 149 cm³/mol. The van der Waals surface area contributed by atoms with Crippen molar-refractivity contribution in [2.24, 2.45) is 0 Å². The molecule has 0 saturated heterocycles. The topological polar surface area (TPSA) is 143 Å². The molecule has 2 amide bonds. The Kier molecular flexibility index (Phi) is 8.84. The van der Waals surface area contributed by atoms with Gasteiger partial charge in [-0.05, 0) is 64.1 Å². The standard InChI is InChI=1S/C30H29N3O6/c1-29(2,36)13-11-20-7-5-9-23(15-20)32-27(34)38-25-17-22(31)18-26(19-25)39-28(35)33-24-10-6-8-21(16-24)12-14-30(3,4)37/h5-10,15-19,36-37H,31H2,1-4H3,(H,32,34)(H,33,35). The van der Waals surface area contributed by atoms with Gasteiger partial charge in [0.05, 0.1) is 0 Å². The number of carbonyl (C=O) groups excluding carboxylic acids is 2. The van der Waals surface area contributed by atoms with Gasteiger partial charge < -0.3 is 25.4 Å². The van der Waals surface area contributed by atoms with Gasteiger partial charge in [0.2, 0.25) is 0 Å². The summed E-state index contributed by atoms with van der Waals surface area (Å²) in [6.07, 6.45) is -1.60. The maximum atomic E-state index is 12.4. The Morgan fingerprint density at radius 3 is 1.51 bits per heavy atom. The summed E-state index contributed by atoms with van der Waals surface area (Å²) < 4.78 is 10.6. The number of nitrogens with two attached hydrogens (primary N) is 1. The lowest BCUT2D eigenvalue weighted by Crippen LogP contribution is -2.18. The Morgan fingerprint density at radius 1 is 0.718 bits per heavy atom. The van der Waals surface area contributed by atoms with Crippen LogP contribution in [-0.4, -0.2) is 33.6 Å². The van der Waals surface area contributed by atoms with Crippen LogP contribution in [0.3, 0.4) is 0 Å². The number of hydrogen-bond donors (Lipinski definition) is 5. The van der Waals surface area contributed by atoms with E-state index in [4.69, 9.17) is 15.2 Å². The molecule has 0 saturated carbocycles. The number of nitrogens with one attached hydrogen (secondary N) is 2. The van der Waals surface area contributed by atoms with Gasteiger partial charge in [-0.1, -0.05) is 35.8 Å². The molecule has 0 radical (unpaired) electrons. The zero-order valence-corrected chi connectivity index (χ0v) is 22.0. The number of nitrogen functional groups attached to an aromatic ring is 1. The number of rotatable bonds is 4. The van der Waals surface area contributed by atoms with Gasteiger partial charge in [-0.3, -0.25) is 10.6 Å². The zero-order valence-electron chi connectivity index (χ0n) is 22.0. The molecule has 0 aromatic heterocycles. The molecule has 0 atom stereocenters. The van der Waals surface area contributed by atoms with Gasteiger partial charge in [-0.25, -0.2) is 9.59 Å². The third-order valence-electron chi connectivity index (χ3n) is 4.57. The van der Waals surface area contributed by atoms with Crippen LogP contribution in [0.4, 0.5) is 26.7 Å². The van der Waals surface area contributed by atoms with Crippen LogP contribution >= 0.6 is 0 Å². The maximum Gasteiger partial charge on any atom is 0.417 e. The van der Waals surface area contributed by atoms with Crippen LogP contribution in [0.1, 0.15) is 38.8 Å². The number of hydrogen-bond acceptors (Lipinski definition) is 7. The number of aliphatic hydroxyl groups is 2. The van der Waals surface area contributed by atoms with E-state index in [0.717, 1.165) is 0 Å². The Morgan fingerprint density at radius 2 is 1.13 bits per heavy atom. The number of amides is 2. The van der Waals surface area contributed by atoms with Crippen molar-refractivity contribution in [3.63, 3.8) is 0 Å². The van der Waals surface area contributed by atoms with E-state index in [1.165, 1.54) is 18.2 Å². The van der Waals surface area contributed by atoms with Crippen molar-refractivity contribution in [1.29, 1.82) is 0 Å². The lowest BCUT2D eigenvalue weighted by molar-refractivity contribution is 0.143. The van der Waals surface area contributed by atoms with Crippen LogP contribution in [0.25, 0.3) is 0 Å². The molecule has 3 rings (SSSR count). The highest BCUT2D eigenvalue weighted by Crippen LogP contribution is 2.25. The summed E-state index contributed by atoms with van der Waals surface area (Å²) in [5.41, 5.74) is 5.84. The molecule has 6 N–H and O–H groups in total. The SMILES string of the molecule is CC(C)(O)C#Cc1cccc(NC(=O)Oc2cc(N)cc(OC(=O)Nc3cccc(C#CC(C)(C)O)c3)c2)c1. The summed E-state index contributed by atoms with van der Waals surface area (Å²) in [6.45, 7) is 6.28. The third kappa shape index (κ3) is 10.5. The third-order valence-corrected chi connectivity index (χ3v) is 4.57. The number of anilines is 3. The Bertz CT molecular complexity index is 1390. The van der Waals surface area contributed by atoms with Crippen LogP contribution in [0.5, 0.6) is 11.5 Å². The number of benzene rings is 3. The second-order valence-corrected chi connectivity index (χ2v) is 9.55. The van der Waals surface area contributed by atoms with Gasteiger partial charge >= 0.3 is 12.2 Å². The summed E-state index contributed by atoms with van der Waals surface area (Å²) in [5.74, 6) is 11.2. The first-order valence-electron chi connectivity index (χ1n) is 11.8. The van der Waals surface area contributed by atoms with E-state index in [1.807, 2.05) is 0 Å². The minimum absolute atomic E-state index is 0.0529. The average Bonchev–Trinajstić information content (AvgIpc) is 2.80. The van der Waals surface area contributed by atoms with Crippen molar-refractivity contribution in [2.75, 3.05) is 16.4 Å². The fourth-order valence-electron chi connectivity index (χ4n) is 3.01. The average molecular weight is 528 g/mol. The molecule has 39 heavy (non-hydrogen) atoms. The summed E-state index contributed by atoms with van der Waals surface area (Å²) in [6, 6.07) is 17.6. The predicted octanol–water partition coefficient (Wildman–Crippen LogP) is 4.74. The fourth-order valence-corrected chi connectivity index (χ4v) is 3.01. The molecule has 200 valence electrons. The molecule has 3 aromatic carbocycles. The van der Waals surface area contributed by atoms with Crippen molar-refractivity contribution in [3.8, 4) is 35.2 Å². The van der Waals surface area contributed by atoms with Crippen molar-refractivity contribution >= 4 is 29.2 Å². The first-order valence-corrected chi connectivity index (χ1v) is 11.8. The lowest BCUT2D eigenvalue weighted by Gasteiger charge is -2.11. The molecule has 0 aliphatic carbocycles. The Balaban J connectivity index is 1.64. The van der Waals surface area contributed by atoms with Crippen molar-refractivity contribution in [2.45, 2.75) is 38.9 Å². The van der Waals surface area contributed by atoms with E-state index >= 15 is 0 Å². The van der Waals surface area contributed by atoms with Crippen LogP contribution < -0.4 is 25.8 Å². The highest BCUT2D eigenvalue weighted by molar-refractivity contribution is 5.88. The highest BCUT2D eigenvalue weighted by atomic mass is 16.6. The minimum atomic E-state index is -1.15. The van der Waals surface area contributed by atoms with E-state index < -0.39 is 23.4 Å². The summed E-state index contributed by atoms with van der Waals surface area (Å²) in [7, 11) is 0. The maximum absolute atomic E-state index is 12.4. The van der Waals surface area contributed by atoms with Crippen molar-refractivity contribution in [1.82, 2.24) is 0 Å². The molecule has 0 fully saturated rings. The van der Waals surface area contributed by atoms with Gasteiger partial charge in [0.1, 0.15) is 22.7 Å². The molecule has 9 nitrogen and oxygen atoms in total. The molecule has 0 heterocycles. The molecule has 9 heteroatoms. The molecule has 0 bridgehead atoms. The monoisotopic (exact) mass is 527 g/mol. The summed E-state index contributed by atoms with van der Waals surface area (Å²) in [5, 5.41) is 24.7. The number of carbonyl (C=O) groups is 2. The highest BCUT2D eigenvalue weighted by Gasteiger charge is 2.12. The van der Waals surface area contributed by atoms with Crippen LogP contribution in [0.15, 0.2) is 66.7 Å². The van der Waals surface area contributed by atoms with Crippen LogP contribution in [0, 0.1) is 23.7 Å². The fraction of sp³-hybridized carbons (Fsp3) is 0.200. The first-order chi connectivity index (χ1) is 18.2. The Hall–Kier alpha value is -4.96. The largest absolute Gasteiger partial charge is 0.417 e. The van der Waals surface area contributed by atoms with Gasteiger partial charge in [-0.15, -0.1) is 0 Å². The van der Waals surface area contributed by atoms with E-state index in [1.54, 1.807) is 76.2 Å². The second-order valence-electron chi connectivity index (χ2n) is 9.55. The second kappa shape index (κ2) is 12.1. The Labute approximate surface area is 227 Å². The summed E-state index contributed by atoms with van der Waals surface area (Å²) in [4.78, 5) is 24.9. The minimum Gasteiger partial charge on any atom is -0.410 e. The molecular formula is C30H29N3O6. The molecule has 0 aliphatic rings. The van der Waals surface area contributed by atoms with Crippen LogP contribution in [-0.2, 0) is 0 Å². The van der Waals surface area contributed by atoms with Crippen LogP contribution in [0.2, 0.25) is 0 Å². The lowest BCUT2D eigenvalue weighted by atomic mass is 10.1. The summed E-state index contributed by atoms with van der Waals surface area (Å²) >= 11 is 0. The van der Waals surface area contributed by atoms with Gasteiger partial charge in [0.25, 0.3) is 0 Å². The molecular weight excluding hydrogens is 498 g/mol. The van der Waals surface area contributed by atoms with E-state index in [-0.39, 0.29) is 17.2 Å². The molecule has 0 spiro atoms. The van der Waals surface area contributed by atoms with E-state index in [2.05, 4.69) is 34.3 Å². The zero-order chi connectivity index (χ0) is 28.6. The number of ether oxygens (including phenoxy) is 2. The first kappa shape index (κ1) is 28.6. The van der Waals surface area contributed by atoms with Crippen molar-refractivity contribution in [3.05, 3.63) is 77.9 Å². The van der Waals surface area contributed by atoms with Gasteiger partial charge in [0.15, 0.2) is 0 Å². The molecule has 0 unspecified atom stereocenters. The normalized spacial score (nSPS) is 10.7. The van der Waals surface area contributed by atoms with Crippen molar-refractivity contribution < 1.29 is 29.3 Å². The molecule has 3 aromatic rings. The van der Waals surface area contributed by atoms with Gasteiger partial charge in [-0.2, -0.15) is 0 Å².